The van der Waals surface area contributed by atoms with E-state index in [9.17, 15) is 18.3 Å². The number of methoxy groups -OCH3 is 1. The molecule has 6 heteroatoms. The molecule has 1 saturated carbocycles. The third-order valence-electron chi connectivity index (χ3n) is 4.21. The summed E-state index contributed by atoms with van der Waals surface area (Å²) in [7, 11) is 1.57. The molecule has 0 heterocycles. The Morgan fingerprint density at radius 3 is 2.24 bits per heavy atom. The maximum absolute atomic E-state index is 12.7. The lowest BCUT2D eigenvalue weighted by Gasteiger charge is -2.40. The van der Waals surface area contributed by atoms with Crippen LogP contribution in [0, 0.1) is 5.92 Å². The van der Waals surface area contributed by atoms with Crippen LogP contribution >= 0.6 is 0 Å². The van der Waals surface area contributed by atoms with E-state index in [-0.39, 0.29) is 19.4 Å². The van der Waals surface area contributed by atoms with Crippen molar-refractivity contribution in [1.82, 2.24) is 0 Å². The van der Waals surface area contributed by atoms with Gasteiger partial charge in [0.1, 0.15) is 5.75 Å². The molecule has 2 rings (SSSR count). The highest BCUT2D eigenvalue weighted by atomic mass is 19.4. The highest BCUT2D eigenvalue weighted by Gasteiger charge is 2.45. The number of hydrogen-bond donors (Lipinski definition) is 2. The van der Waals surface area contributed by atoms with Gasteiger partial charge in [-0.05, 0) is 49.9 Å². The van der Waals surface area contributed by atoms with E-state index in [1.165, 1.54) is 0 Å². The van der Waals surface area contributed by atoms with Crippen LogP contribution in [-0.4, -0.2) is 30.5 Å². The quantitative estimate of drug-likeness (QED) is 0.893. The molecule has 2 N–H and O–H groups in total. The molecule has 0 aliphatic heterocycles. The van der Waals surface area contributed by atoms with Gasteiger partial charge < -0.3 is 15.2 Å². The van der Waals surface area contributed by atoms with E-state index < -0.39 is 17.6 Å². The van der Waals surface area contributed by atoms with Crippen molar-refractivity contribution < 1.29 is 23.0 Å². The maximum Gasteiger partial charge on any atom is 0.391 e. The minimum Gasteiger partial charge on any atom is -0.497 e. The van der Waals surface area contributed by atoms with Gasteiger partial charge in [-0.15, -0.1) is 0 Å². The molecular weight excluding hydrogens is 283 g/mol. The summed E-state index contributed by atoms with van der Waals surface area (Å²) in [6, 6.07) is 7.14. The molecule has 0 bridgehead atoms. The van der Waals surface area contributed by atoms with Crippen molar-refractivity contribution in [3.05, 3.63) is 24.3 Å². The molecule has 0 amide bonds. The van der Waals surface area contributed by atoms with Crippen molar-refractivity contribution in [2.24, 2.45) is 5.92 Å². The van der Waals surface area contributed by atoms with E-state index in [4.69, 9.17) is 4.74 Å². The van der Waals surface area contributed by atoms with Crippen molar-refractivity contribution in [2.45, 2.75) is 37.4 Å². The molecule has 1 aliphatic carbocycles. The molecule has 0 unspecified atom stereocenters. The van der Waals surface area contributed by atoms with E-state index in [0.717, 1.165) is 5.69 Å². The summed E-state index contributed by atoms with van der Waals surface area (Å²) in [4.78, 5) is 0. The van der Waals surface area contributed by atoms with Crippen LogP contribution in [0.4, 0.5) is 18.9 Å². The summed E-state index contributed by atoms with van der Waals surface area (Å²) in [5, 5.41) is 12.8. The van der Waals surface area contributed by atoms with Crippen molar-refractivity contribution in [1.29, 1.82) is 0 Å². The van der Waals surface area contributed by atoms with Crippen LogP contribution in [0.25, 0.3) is 0 Å². The lowest BCUT2D eigenvalue weighted by atomic mass is 9.76. The van der Waals surface area contributed by atoms with Crippen LogP contribution in [0.3, 0.4) is 0 Å². The molecule has 118 valence electrons. The Morgan fingerprint density at radius 1 is 1.24 bits per heavy atom. The topological polar surface area (TPSA) is 41.5 Å². The normalized spacial score (nSPS) is 26.4. The average Bonchev–Trinajstić information content (AvgIpc) is 2.47. The zero-order valence-corrected chi connectivity index (χ0v) is 11.9. The van der Waals surface area contributed by atoms with Gasteiger partial charge in [0.05, 0.1) is 25.2 Å². The van der Waals surface area contributed by atoms with E-state index >= 15 is 0 Å². The van der Waals surface area contributed by atoms with Crippen molar-refractivity contribution >= 4 is 5.69 Å². The molecule has 0 spiro atoms. The summed E-state index contributed by atoms with van der Waals surface area (Å²) in [5.41, 5.74) is 0.103. The van der Waals surface area contributed by atoms with Crippen molar-refractivity contribution in [2.75, 3.05) is 19.0 Å². The van der Waals surface area contributed by atoms with Crippen molar-refractivity contribution in [3.8, 4) is 5.75 Å². The Balaban J connectivity index is 2.02. The Bertz CT molecular complexity index is 451. The van der Waals surface area contributed by atoms with Crippen LogP contribution in [0.15, 0.2) is 24.3 Å². The summed E-state index contributed by atoms with van der Waals surface area (Å²) in [6.45, 7) is -0.177. The first kappa shape index (κ1) is 15.9. The van der Waals surface area contributed by atoms with Gasteiger partial charge in [-0.2, -0.15) is 13.2 Å². The van der Waals surface area contributed by atoms with E-state index in [1.807, 2.05) is 0 Å². The Kier molecular flexibility index (Phi) is 4.66. The third kappa shape index (κ3) is 3.81. The number of anilines is 1. The number of aliphatic hydroxyl groups excluding tert-OH is 1. The fraction of sp³-hybridized carbons (Fsp3) is 0.600. The zero-order chi connectivity index (χ0) is 15.5. The number of benzene rings is 1. The molecule has 0 atom stereocenters. The lowest BCUT2D eigenvalue weighted by molar-refractivity contribution is -0.184. The molecule has 1 fully saturated rings. The highest BCUT2D eigenvalue weighted by molar-refractivity contribution is 5.48. The number of aliphatic hydroxyl groups is 1. The lowest BCUT2D eigenvalue weighted by Crippen LogP contribution is -2.47. The van der Waals surface area contributed by atoms with E-state index in [1.54, 1.807) is 31.4 Å². The summed E-state index contributed by atoms with van der Waals surface area (Å²) < 4.78 is 43.2. The van der Waals surface area contributed by atoms with Crippen molar-refractivity contribution in [3.63, 3.8) is 0 Å². The number of nitrogens with one attached hydrogen (secondary N) is 1. The predicted octanol–water partition coefficient (Wildman–Crippen LogP) is 3.59. The molecule has 21 heavy (non-hydrogen) atoms. The minimum atomic E-state index is -4.14. The Hall–Kier alpha value is -1.43. The molecule has 1 aromatic carbocycles. The predicted molar refractivity (Wildman–Crippen MR) is 74.4 cm³/mol. The fourth-order valence-electron chi connectivity index (χ4n) is 2.80. The van der Waals surface area contributed by atoms with Gasteiger partial charge in [0, 0.05) is 5.69 Å². The molecule has 0 radical (unpaired) electrons. The smallest absolute Gasteiger partial charge is 0.391 e. The number of halogens is 3. The number of hydrogen-bond acceptors (Lipinski definition) is 3. The largest absolute Gasteiger partial charge is 0.497 e. The minimum absolute atomic E-state index is 0.0488. The highest BCUT2D eigenvalue weighted by Crippen LogP contribution is 2.42. The van der Waals surface area contributed by atoms with Crippen LogP contribution in [0.1, 0.15) is 25.7 Å². The number of rotatable bonds is 4. The number of ether oxygens (including phenoxy) is 1. The monoisotopic (exact) mass is 303 g/mol. The average molecular weight is 303 g/mol. The SMILES string of the molecule is COc1ccc(NC2(CO)CCC(C(F)(F)F)CC2)cc1. The second-order valence-corrected chi connectivity index (χ2v) is 5.61. The summed E-state index contributed by atoms with van der Waals surface area (Å²) in [5.74, 6) is -0.547. The van der Waals surface area contributed by atoms with Crippen LogP contribution < -0.4 is 10.1 Å². The second kappa shape index (κ2) is 6.13. The maximum atomic E-state index is 12.7. The van der Waals surface area contributed by atoms with Gasteiger partial charge in [-0.1, -0.05) is 0 Å². The van der Waals surface area contributed by atoms with Gasteiger partial charge in [0.15, 0.2) is 0 Å². The van der Waals surface area contributed by atoms with E-state index in [2.05, 4.69) is 5.32 Å². The Morgan fingerprint density at radius 2 is 1.81 bits per heavy atom. The number of alkyl halides is 3. The summed E-state index contributed by atoms with van der Waals surface area (Å²) in [6.07, 6.45) is -3.43. The first-order valence-corrected chi connectivity index (χ1v) is 6.98. The van der Waals surface area contributed by atoms with Gasteiger partial charge >= 0.3 is 6.18 Å². The molecule has 0 aromatic heterocycles. The van der Waals surface area contributed by atoms with Gasteiger partial charge in [-0.25, -0.2) is 0 Å². The second-order valence-electron chi connectivity index (χ2n) is 5.61. The zero-order valence-electron chi connectivity index (χ0n) is 11.9. The summed E-state index contributed by atoms with van der Waals surface area (Å²) >= 11 is 0. The Labute approximate surface area is 122 Å². The molecule has 1 aliphatic rings. The van der Waals surface area contributed by atoms with Gasteiger partial charge in [0.2, 0.25) is 0 Å². The van der Waals surface area contributed by atoms with Gasteiger partial charge in [-0.3, -0.25) is 0 Å². The van der Waals surface area contributed by atoms with Crippen LogP contribution in [-0.2, 0) is 0 Å². The van der Waals surface area contributed by atoms with Gasteiger partial charge in [0.25, 0.3) is 0 Å². The first-order chi connectivity index (χ1) is 9.88. The van der Waals surface area contributed by atoms with Crippen LogP contribution in [0.2, 0.25) is 0 Å². The standard InChI is InChI=1S/C15H20F3NO2/c1-21-13-4-2-12(3-5-13)19-14(10-20)8-6-11(7-9-14)15(16,17)18/h2-5,11,19-20H,6-10H2,1H3. The molecule has 3 nitrogen and oxygen atoms in total. The van der Waals surface area contributed by atoms with E-state index in [0.29, 0.717) is 18.6 Å². The third-order valence-corrected chi connectivity index (χ3v) is 4.21. The molecule has 0 saturated heterocycles. The first-order valence-electron chi connectivity index (χ1n) is 6.98. The molecular formula is C15H20F3NO2. The van der Waals surface area contributed by atoms with Crippen LogP contribution in [0.5, 0.6) is 5.75 Å². The molecule has 1 aromatic rings. The fourth-order valence-corrected chi connectivity index (χ4v) is 2.80.